The van der Waals surface area contributed by atoms with Crippen LogP contribution in [0.4, 0.5) is 11.6 Å². The Balaban J connectivity index is 1.30. The van der Waals surface area contributed by atoms with Gasteiger partial charge in [0.05, 0.1) is 7.11 Å². The monoisotopic (exact) mass is 450 g/mol. The Hall–Kier alpha value is -2.77. The standard InChI is InChI=1S/C25H30N4O2S/c1-18-15-19(2)29(17-18)13-14-31-21-9-7-20(8-10-21)27-25-26-12-11-24(28-25)32-23-6-4-5-22(16-23)30-3/h4-12,16,18-19H,13-15,17H2,1-3H3,(H,26,27,28). The van der Waals surface area contributed by atoms with Crippen LogP contribution in [0.25, 0.3) is 0 Å². The summed E-state index contributed by atoms with van der Waals surface area (Å²) in [6.45, 7) is 7.46. The summed E-state index contributed by atoms with van der Waals surface area (Å²) in [6.07, 6.45) is 3.04. The van der Waals surface area contributed by atoms with Crippen molar-refractivity contribution < 1.29 is 9.47 Å². The van der Waals surface area contributed by atoms with E-state index in [0.29, 0.717) is 18.6 Å². The molecule has 7 heteroatoms. The number of methoxy groups -OCH3 is 1. The molecule has 1 fully saturated rings. The minimum atomic E-state index is 0.559. The molecule has 0 aliphatic carbocycles. The highest BCUT2D eigenvalue weighted by atomic mass is 32.2. The van der Waals surface area contributed by atoms with E-state index in [2.05, 4.69) is 34.0 Å². The molecule has 1 aromatic heterocycles. The molecule has 1 aliphatic heterocycles. The number of ether oxygens (including phenoxy) is 2. The molecular formula is C25H30N4O2S. The second-order valence-corrected chi connectivity index (χ2v) is 9.28. The molecule has 32 heavy (non-hydrogen) atoms. The lowest BCUT2D eigenvalue weighted by Crippen LogP contribution is -2.31. The summed E-state index contributed by atoms with van der Waals surface area (Å²) in [7, 11) is 1.67. The highest BCUT2D eigenvalue weighted by Crippen LogP contribution is 2.29. The van der Waals surface area contributed by atoms with Gasteiger partial charge >= 0.3 is 0 Å². The third kappa shape index (κ3) is 6.14. The number of hydrogen-bond donors (Lipinski definition) is 1. The molecule has 2 unspecified atom stereocenters. The lowest BCUT2D eigenvalue weighted by Gasteiger charge is -2.20. The van der Waals surface area contributed by atoms with Crippen LogP contribution < -0.4 is 14.8 Å². The maximum Gasteiger partial charge on any atom is 0.228 e. The first-order valence-corrected chi connectivity index (χ1v) is 11.8. The van der Waals surface area contributed by atoms with Gasteiger partial charge in [-0.25, -0.2) is 9.97 Å². The molecule has 0 saturated carbocycles. The van der Waals surface area contributed by atoms with Gasteiger partial charge in [0.2, 0.25) is 5.95 Å². The molecule has 2 aromatic carbocycles. The van der Waals surface area contributed by atoms with Crippen molar-refractivity contribution in [3.8, 4) is 11.5 Å². The van der Waals surface area contributed by atoms with Crippen molar-refractivity contribution in [1.29, 1.82) is 0 Å². The van der Waals surface area contributed by atoms with E-state index >= 15 is 0 Å². The van der Waals surface area contributed by atoms with Crippen LogP contribution in [0.2, 0.25) is 0 Å². The van der Waals surface area contributed by atoms with Crippen LogP contribution in [0.1, 0.15) is 20.3 Å². The molecule has 0 bridgehead atoms. The lowest BCUT2D eigenvalue weighted by atomic mass is 10.1. The van der Waals surface area contributed by atoms with Gasteiger partial charge < -0.3 is 14.8 Å². The van der Waals surface area contributed by atoms with E-state index < -0.39 is 0 Å². The van der Waals surface area contributed by atoms with Crippen LogP contribution in [0.5, 0.6) is 11.5 Å². The Kier molecular flexibility index (Phi) is 7.50. The van der Waals surface area contributed by atoms with Gasteiger partial charge in [0.15, 0.2) is 0 Å². The van der Waals surface area contributed by atoms with Gasteiger partial charge in [-0.15, -0.1) is 0 Å². The van der Waals surface area contributed by atoms with Gasteiger partial charge in [0.1, 0.15) is 23.1 Å². The molecule has 0 amide bonds. The number of hydrogen-bond acceptors (Lipinski definition) is 7. The summed E-state index contributed by atoms with van der Waals surface area (Å²) < 4.78 is 11.2. The van der Waals surface area contributed by atoms with Gasteiger partial charge in [-0.05, 0) is 67.8 Å². The molecule has 2 heterocycles. The Morgan fingerprint density at radius 1 is 1.09 bits per heavy atom. The van der Waals surface area contributed by atoms with E-state index in [9.17, 15) is 0 Å². The fraction of sp³-hybridized carbons (Fsp3) is 0.360. The number of benzene rings is 2. The Bertz CT molecular complexity index is 1010. The predicted octanol–water partition coefficient (Wildman–Crippen LogP) is 5.49. The average Bonchev–Trinajstić information content (AvgIpc) is 3.12. The largest absolute Gasteiger partial charge is 0.497 e. The molecule has 6 nitrogen and oxygen atoms in total. The van der Waals surface area contributed by atoms with Crippen molar-refractivity contribution in [3.05, 3.63) is 60.8 Å². The van der Waals surface area contributed by atoms with Crippen LogP contribution in [-0.4, -0.2) is 47.7 Å². The van der Waals surface area contributed by atoms with E-state index in [1.165, 1.54) is 13.0 Å². The number of likely N-dealkylation sites (tertiary alicyclic amines) is 1. The molecular weight excluding hydrogens is 420 g/mol. The fourth-order valence-electron chi connectivity index (χ4n) is 3.99. The highest BCUT2D eigenvalue weighted by molar-refractivity contribution is 7.99. The molecule has 0 spiro atoms. The first-order valence-electron chi connectivity index (χ1n) is 11.0. The third-order valence-electron chi connectivity index (χ3n) is 5.56. The number of nitrogens with zero attached hydrogens (tertiary/aromatic N) is 3. The van der Waals surface area contributed by atoms with Gasteiger partial charge in [0, 0.05) is 35.9 Å². The van der Waals surface area contributed by atoms with Crippen molar-refractivity contribution in [1.82, 2.24) is 14.9 Å². The second-order valence-electron chi connectivity index (χ2n) is 8.18. The zero-order chi connectivity index (χ0) is 22.3. The number of rotatable bonds is 9. The van der Waals surface area contributed by atoms with Gasteiger partial charge in [0.25, 0.3) is 0 Å². The molecule has 1 N–H and O–H groups in total. The van der Waals surface area contributed by atoms with E-state index in [1.807, 2.05) is 54.6 Å². The minimum Gasteiger partial charge on any atom is -0.497 e. The fourth-order valence-corrected chi connectivity index (χ4v) is 4.81. The van der Waals surface area contributed by atoms with Crippen LogP contribution in [0.3, 0.4) is 0 Å². The minimum absolute atomic E-state index is 0.559. The average molecular weight is 451 g/mol. The molecule has 3 aromatic rings. The molecule has 1 aliphatic rings. The zero-order valence-corrected chi connectivity index (χ0v) is 19.6. The maximum atomic E-state index is 5.95. The summed E-state index contributed by atoms with van der Waals surface area (Å²) in [5, 5.41) is 4.13. The van der Waals surface area contributed by atoms with Crippen molar-refractivity contribution in [2.24, 2.45) is 5.92 Å². The summed E-state index contributed by atoms with van der Waals surface area (Å²) in [5.74, 6) is 3.04. The van der Waals surface area contributed by atoms with Crippen molar-refractivity contribution in [2.75, 3.05) is 32.1 Å². The lowest BCUT2D eigenvalue weighted by molar-refractivity contribution is 0.202. The van der Waals surface area contributed by atoms with E-state index in [4.69, 9.17) is 9.47 Å². The molecule has 1 saturated heterocycles. The van der Waals surface area contributed by atoms with Crippen LogP contribution in [0, 0.1) is 5.92 Å². The van der Waals surface area contributed by atoms with E-state index in [-0.39, 0.29) is 0 Å². The molecule has 168 valence electrons. The SMILES string of the molecule is COc1cccc(Sc2ccnc(Nc3ccc(OCCN4CC(C)CC4C)cc3)n2)c1. The molecule has 2 atom stereocenters. The Morgan fingerprint density at radius 3 is 2.69 bits per heavy atom. The van der Waals surface area contributed by atoms with Crippen molar-refractivity contribution in [2.45, 2.75) is 36.2 Å². The highest BCUT2D eigenvalue weighted by Gasteiger charge is 2.25. The van der Waals surface area contributed by atoms with Crippen molar-refractivity contribution >= 4 is 23.4 Å². The van der Waals surface area contributed by atoms with E-state index in [1.54, 1.807) is 25.1 Å². The summed E-state index contributed by atoms with van der Waals surface area (Å²) in [5.41, 5.74) is 0.919. The third-order valence-corrected chi connectivity index (χ3v) is 6.49. The summed E-state index contributed by atoms with van der Waals surface area (Å²) in [6, 6.07) is 18.4. The summed E-state index contributed by atoms with van der Waals surface area (Å²) >= 11 is 1.57. The van der Waals surface area contributed by atoms with Gasteiger partial charge in [-0.3, -0.25) is 4.90 Å². The molecule has 4 rings (SSSR count). The Labute approximate surface area is 194 Å². The van der Waals surface area contributed by atoms with Crippen LogP contribution in [-0.2, 0) is 0 Å². The number of anilines is 2. The van der Waals surface area contributed by atoms with Crippen molar-refractivity contribution in [3.63, 3.8) is 0 Å². The van der Waals surface area contributed by atoms with E-state index in [0.717, 1.165) is 39.6 Å². The quantitative estimate of drug-likeness (QED) is 0.433. The van der Waals surface area contributed by atoms with Crippen LogP contribution >= 0.6 is 11.8 Å². The maximum absolute atomic E-state index is 5.95. The summed E-state index contributed by atoms with van der Waals surface area (Å²) in [4.78, 5) is 12.5. The second kappa shape index (κ2) is 10.7. The van der Waals surface area contributed by atoms with Crippen LogP contribution in [0.15, 0.2) is 70.7 Å². The van der Waals surface area contributed by atoms with Gasteiger partial charge in [-0.2, -0.15) is 0 Å². The smallest absolute Gasteiger partial charge is 0.228 e. The topological polar surface area (TPSA) is 59.5 Å². The van der Waals surface area contributed by atoms with Gasteiger partial charge in [-0.1, -0.05) is 24.8 Å². The first-order chi connectivity index (χ1) is 15.6. The number of aromatic nitrogens is 2. The normalized spacial score (nSPS) is 18.5. The Morgan fingerprint density at radius 2 is 1.94 bits per heavy atom. The number of nitrogens with one attached hydrogen (secondary N) is 1. The predicted molar refractivity (Wildman–Crippen MR) is 129 cm³/mol. The zero-order valence-electron chi connectivity index (χ0n) is 18.8. The first kappa shape index (κ1) is 22.4. The molecule has 0 radical (unpaired) electrons.